The quantitative estimate of drug-likeness (QED) is 0.418. The summed E-state index contributed by atoms with van der Waals surface area (Å²) in [7, 11) is 1.74. The molecule has 2 aromatic rings. The number of carbonyl (C=O) groups is 2. The lowest BCUT2D eigenvalue weighted by Crippen LogP contribution is -2.42. The highest BCUT2D eigenvalue weighted by Crippen LogP contribution is 2.39. The molecule has 37 heavy (non-hydrogen) atoms. The van der Waals surface area contributed by atoms with Crippen LogP contribution < -0.4 is 5.32 Å². The van der Waals surface area contributed by atoms with Crippen molar-refractivity contribution < 1.29 is 34.0 Å². The fourth-order valence-electron chi connectivity index (χ4n) is 4.98. The highest BCUT2D eigenvalue weighted by atomic mass is 16.7. The van der Waals surface area contributed by atoms with Crippen LogP contribution in [0.3, 0.4) is 0 Å². The Labute approximate surface area is 217 Å². The maximum Gasteiger partial charge on any atom is 0.303 e. The van der Waals surface area contributed by atoms with Crippen molar-refractivity contribution in [1.29, 1.82) is 0 Å². The summed E-state index contributed by atoms with van der Waals surface area (Å²) in [6.07, 6.45) is 1.88. The average Bonchev–Trinajstić information content (AvgIpc) is 3.34. The maximum absolute atomic E-state index is 12.0. The fourth-order valence-corrected chi connectivity index (χ4v) is 4.98. The van der Waals surface area contributed by atoms with Crippen molar-refractivity contribution in [3.05, 3.63) is 65.2 Å². The number of nitrogens with zero attached hydrogens (tertiary/aromatic N) is 1. The van der Waals surface area contributed by atoms with Gasteiger partial charge in [0.25, 0.3) is 0 Å². The number of nitrogens with one attached hydrogen (secondary N) is 1. The number of carboxylic acid groups (broad SMARTS) is 1. The Morgan fingerprint density at radius 1 is 1.05 bits per heavy atom. The number of aliphatic hydroxyl groups is 1. The van der Waals surface area contributed by atoms with Crippen molar-refractivity contribution in [3.8, 4) is 0 Å². The number of hydrogen-bond acceptors (Lipinski definition) is 7. The standard InChI is InChI=1S/C28H36N2O7/c1-35-18-23-3-2-14-30(23)16-24-15-25(20-6-4-19(17-31)5-7-20)37-28(36-24)21-8-10-22(11-9-21)29-26(32)12-13-27(33)34/h4-11,23-25,28,31H,2-3,12-18H2,1H3,(H,29,32)(H,33,34)/t23-,24-,25+,28+/m0/s1. The van der Waals surface area contributed by atoms with Crippen LogP contribution in [0.25, 0.3) is 0 Å². The molecule has 1 amide bonds. The van der Waals surface area contributed by atoms with Crippen LogP contribution in [-0.4, -0.2) is 65.9 Å². The van der Waals surface area contributed by atoms with E-state index in [0.717, 1.165) is 42.6 Å². The molecule has 2 heterocycles. The third-order valence-electron chi connectivity index (χ3n) is 6.94. The van der Waals surface area contributed by atoms with E-state index in [9.17, 15) is 14.7 Å². The van der Waals surface area contributed by atoms with Crippen LogP contribution in [0.4, 0.5) is 5.69 Å². The number of amides is 1. The summed E-state index contributed by atoms with van der Waals surface area (Å²) in [5, 5.41) is 20.9. The Balaban J connectivity index is 1.47. The molecule has 4 atom stereocenters. The third-order valence-corrected chi connectivity index (χ3v) is 6.94. The number of anilines is 1. The van der Waals surface area contributed by atoms with Gasteiger partial charge in [-0.05, 0) is 42.6 Å². The minimum absolute atomic E-state index is 0.00475. The summed E-state index contributed by atoms with van der Waals surface area (Å²) >= 11 is 0. The van der Waals surface area contributed by atoms with Gasteiger partial charge in [-0.15, -0.1) is 0 Å². The Hall–Kier alpha value is -2.82. The minimum Gasteiger partial charge on any atom is -0.481 e. The zero-order chi connectivity index (χ0) is 26.2. The molecule has 0 aromatic heterocycles. The highest BCUT2D eigenvalue weighted by molar-refractivity contribution is 5.92. The van der Waals surface area contributed by atoms with Gasteiger partial charge in [-0.25, -0.2) is 0 Å². The average molecular weight is 513 g/mol. The second kappa shape index (κ2) is 13.1. The van der Waals surface area contributed by atoms with E-state index in [1.807, 2.05) is 36.4 Å². The van der Waals surface area contributed by atoms with E-state index in [1.165, 1.54) is 0 Å². The summed E-state index contributed by atoms with van der Waals surface area (Å²) < 4.78 is 18.3. The van der Waals surface area contributed by atoms with Gasteiger partial charge in [-0.1, -0.05) is 36.4 Å². The van der Waals surface area contributed by atoms with Gasteiger partial charge in [0, 0.05) is 43.8 Å². The molecule has 9 heteroatoms. The number of methoxy groups -OCH3 is 1. The lowest BCUT2D eigenvalue weighted by Gasteiger charge is -2.38. The first kappa shape index (κ1) is 27.2. The lowest BCUT2D eigenvalue weighted by molar-refractivity contribution is -0.253. The number of aliphatic hydroxyl groups excluding tert-OH is 1. The van der Waals surface area contributed by atoms with E-state index >= 15 is 0 Å². The maximum atomic E-state index is 12.0. The first-order chi connectivity index (χ1) is 17.9. The van der Waals surface area contributed by atoms with Crippen LogP contribution in [0.15, 0.2) is 48.5 Å². The van der Waals surface area contributed by atoms with E-state index in [-0.39, 0.29) is 37.6 Å². The summed E-state index contributed by atoms with van der Waals surface area (Å²) in [5.74, 6) is -1.35. The number of rotatable bonds is 11. The van der Waals surface area contributed by atoms with Crippen LogP contribution in [0.5, 0.6) is 0 Å². The van der Waals surface area contributed by atoms with Crippen LogP contribution >= 0.6 is 0 Å². The number of aliphatic carboxylic acids is 1. The number of benzene rings is 2. The molecule has 2 aromatic carbocycles. The molecule has 0 saturated carbocycles. The first-order valence-electron chi connectivity index (χ1n) is 12.8. The molecule has 0 radical (unpaired) electrons. The zero-order valence-electron chi connectivity index (χ0n) is 21.2. The molecule has 4 rings (SSSR count). The van der Waals surface area contributed by atoms with Crippen LogP contribution in [0.2, 0.25) is 0 Å². The summed E-state index contributed by atoms with van der Waals surface area (Å²) in [4.78, 5) is 25.1. The molecule has 2 aliphatic heterocycles. The van der Waals surface area contributed by atoms with Gasteiger partial charge < -0.3 is 29.7 Å². The molecule has 2 aliphatic rings. The summed E-state index contributed by atoms with van der Waals surface area (Å²) in [5.41, 5.74) is 3.30. The van der Waals surface area contributed by atoms with E-state index < -0.39 is 12.3 Å². The molecule has 0 unspecified atom stereocenters. The van der Waals surface area contributed by atoms with Gasteiger partial charge in [-0.3, -0.25) is 14.5 Å². The summed E-state index contributed by atoms with van der Waals surface area (Å²) in [6, 6.07) is 15.5. The Kier molecular flexibility index (Phi) is 9.65. The van der Waals surface area contributed by atoms with Crippen molar-refractivity contribution >= 4 is 17.6 Å². The zero-order valence-corrected chi connectivity index (χ0v) is 21.2. The number of hydrogen-bond donors (Lipinski definition) is 3. The molecule has 3 N–H and O–H groups in total. The van der Waals surface area contributed by atoms with E-state index in [2.05, 4.69) is 10.2 Å². The fraction of sp³-hybridized carbons (Fsp3) is 0.500. The van der Waals surface area contributed by atoms with Crippen LogP contribution in [-0.2, 0) is 30.4 Å². The third kappa shape index (κ3) is 7.59. The molecular weight excluding hydrogens is 476 g/mol. The van der Waals surface area contributed by atoms with Crippen molar-refractivity contribution in [2.45, 2.75) is 63.3 Å². The molecule has 200 valence electrons. The molecule has 9 nitrogen and oxygen atoms in total. The molecule has 0 bridgehead atoms. The smallest absolute Gasteiger partial charge is 0.303 e. The molecular formula is C28H36N2O7. The van der Waals surface area contributed by atoms with Crippen LogP contribution in [0.1, 0.15) is 61.2 Å². The van der Waals surface area contributed by atoms with E-state index in [4.69, 9.17) is 19.3 Å². The van der Waals surface area contributed by atoms with Crippen molar-refractivity contribution in [3.63, 3.8) is 0 Å². The molecule has 2 saturated heterocycles. The topological polar surface area (TPSA) is 118 Å². The molecule has 0 aliphatic carbocycles. The molecule has 2 fully saturated rings. The SMILES string of the molecule is COC[C@@H]1CCCN1C[C@@H]1C[C@H](c2ccc(CO)cc2)O[C@H](c2ccc(NC(=O)CCC(=O)O)cc2)O1. The predicted molar refractivity (Wildman–Crippen MR) is 137 cm³/mol. The van der Waals surface area contributed by atoms with Gasteiger partial charge in [-0.2, -0.15) is 0 Å². The van der Waals surface area contributed by atoms with Gasteiger partial charge in [0.05, 0.1) is 31.8 Å². The number of carboxylic acids is 1. The van der Waals surface area contributed by atoms with Crippen molar-refractivity contribution in [1.82, 2.24) is 4.90 Å². The van der Waals surface area contributed by atoms with E-state index in [0.29, 0.717) is 24.8 Å². The number of ether oxygens (including phenoxy) is 3. The van der Waals surface area contributed by atoms with Crippen molar-refractivity contribution in [2.24, 2.45) is 0 Å². The first-order valence-corrected chi connectivity index (χ1v) is 12.8. The second-order valence-corrected chi connectivity index (χ2v) is 9.66. The Bertz CT molecular complexity index is 1030. The summed E-state index contributed by atoms with van der Waals surface area (Å²) in [6.45, 7) is 2.51. The van der Waals surface area contributed by atoms with Gasteiger partial charge >= 0.3 is 5.97 Å². The number of carbonyl (C=O) groups excluding carboxylic acids is 1. The Morgan fingerprint density at radius 3 is 2.46 bits per heavy atom. The highest BCUT2D eigenvalue weighted by Gasteiger charge is 2.35. The van der Waals surface area contributed by atoms with Crippen molar-refractivity contribution in [2.75, 3.05) is 32.1 Å². The monoisotopic (exact) mass is 512 g/mol. The van der Waals surface area contributed by atoms with Gasteiger partial charge in [0.2, 0.25) is 5.91 Å². The van der Waals surface area contributed by atoms with Gasteiger partial charge in [0.1, 0.15) is 0 Å². The van der Waals surface area contributed by atoms with Crippen LogP contribution in [0, 0.1) is 0 Å². The minimum atomic E-state index is -1.00. The normalized spacial score (nSPS) is 24.2. The second-order valence-electron chi connectivity index (χ2n) is 9.66. The molecule has 0 spiro atoms. The Morgan fingerprint density at radius 2 is 1.78 bits per heavy atom. The lowest BCUT2D eigenvalue weighted by atomic mass is 9.99. The number of likely N-dealkylation sites (tertiary alicyclic amines) is 1. The largest absolute Gasteiger partial charge is 0.481 e. The van der Waals surface area contributed by atoms with Gasteiger partial charge in [0.15, 0.2) is 6.29 Å². The van der Waals surface area contributed by atoms with E-state index in [1.54, 1.807) is 19.2 Å². The predicted octanol–water partition coefficient (Wildman–Crippen LogP) is 3.64.